The van der Waals surface area contributed by atoms with Crippen LogP contribution < -0.4 is 0 Å². The first-order chi connectivity index (χ1) is 4.83. The van der Waals surface area contributed by atoms with Crippen LogP contribution in [0.4, 0.5) is 0 Å². The summed E-state index contributed by atoms with van der Waals surface area (Å²) in [5.74, 6) is 1.01. The fourth-order valence-electron chi connectivity index (χ4n) is 1.15. The Labute approximate surface area is 84.8 Å². The zero-order valence-electron chi connectivity index (χ0n) is 6.29. The average molecular weight is 346 g/mol. The van der Waals surface area contributed by atoms with Gasteiger partial charge in [-0.1, -0.05) is 0 Å². The molecule has 1 heterocycles. The summed E-state index contributed by atoms with van der Waals surface area (Å²) in [6, 6.07) is 0. The summed E-state index contributed by atoms with van der Waals surface area (Å²) >= 11 is 5.07. The number of hydrogen-bond donors (Lipinski definition) is 1. The molecule has 0 N–H and O–H groups in total. The van der Waals surface area contributed by atoms with Gasteiger partial charge >= 0.3 is 85.1 Å². The van der Waals surface area contributed by atoms with Crippen LogP contribution in [0.25, 0.3) is 0 Å². The van der Waals surface area contributed by atoms with Crippen molar-refractivity contribution in [3.63, 3.8) is 0 Å². The molecule has 0 aliphatic carbocycles. The minimum absolute atomic E-state index is 0.856. The van der Waals surface area contributed by atoms with Gasteiger partial charge in [0.05, 0.1) is 0 Å². The van der Waals surface area contributed by atoms with E-state index < -0.39 is 0 Å². The SMILES string of the molecule is SCCN1CC[N]([Hg])CC1. The van der Waals surface area contributed by atoms with Crippen LogP contribution in [0.1, 0.15) is 0 Å². The van der Waals surface area contributed by atoms with Gasteiger partial charge in [0.2, 0.25) is 0 Å². The summed E-state index contributed by atoms with van der Waals surface area (Å²) in [6.07, 6.45) is 0. The quantitative estimate of drug-likeness (QED) is 0.556. The Kier molecular flexibility index (Phi) is 4.61. The number of rotatable bonds is 2. The van der Waals surface area contributed by atoms with Crippen molar-refractivity contribution >= 4 is 12.6 Å². The molecule has 2 nitrogen and oxygen atoms in total. The summed E-state index contributed by atoms with van der Waals surface area (Å²) in [5, 5.41) is 0. The molecule has 1 rings (SSSR count). The second kappa shape index (κ2) is 4.96. The van der Waals surface area contributed by atoms with Gasteiger partial charge in [-0.15, -0.1) is 0 Å². The van der Waals surface area contributed by atoms with Gasteiger partial charge in [0.1, 0.15) is 0 Å². The van der Waals surface area contributed by atoms with Crippen LogP contribution in [0, 0.1) is 0 Å². The summed E-state index contributed by atoms with van der Waals surface area (Å²) in [4.78, 5) is 2.50. The van der Waals surface area contributed by atoms with Crippen molar-refractivity contribution in [1.82, 2.24) is 7.56 Å². The van der Waals surface area contributed by atoms with E-state index in [1.54, 1.807) is 0 Å². The van der Waals surface area contributed by atoms with Crippen LogP contribution in [0.5, 0.6) is 0 Å². The molecule has 1 fully saturated rings. The van der Waals surface area contributed by atoms with Gasteiger partial charge in [0, 0.05) is 0 Å². The third kappa shape index (κ3) is 3.07. The molecule has 4 heteroatoms. The van der Waals surface area contributed by atoms with Crippen molar-refractivity contribution in [3.8, 4) is 0 Å². The molecule has 10 heavy (non-hydrogen) atoms. The van der Waals surface area contributed by atoms with E-state index >= 15 is 0 Å². The molecular weight excluding hydrogens is 333 g/mol. The fraction of sp³-hybridized carbons (Fsp3) is 1.00. The van der Waals surface area contributed by atoms with Gasteiger partial charge in [0.25, 0.3) is 0 Å². The number of thiol groups is 1. The zero-order chi connectivity index (χ0) is 7.40. The first-order valence-corrected chi connectivity index (χ1v) is 6.80. The Morgan fingerprint density at radius 1 is 1.20 bits per heavy atom. The first kappa shape index (κ1) is 9.29. The molecule has 0 radical (unpaired) electrons. The summed E-state index contributed by atoms with van der Waals surface area (Å²) < 4.78 is 2.56. The van der Waals surface area contributed by atoms with Crippen LogP contribution >= 0.6 is 12.6 Å². The number of nitrogens with zero attached hydrogens (tertiary/aromatic N) is 2. The van der Waals surface area contributed by atoms with Crippen LogP contribution in [-0.4, -0.2) is 46.0 Å². The van der Waals surface area contributed by atoms with Crippen molar-refractivity contribution in [3.05, 3.63) is 0 Å². The van der Waals surface area contributed by atoms with Gasteiger partial charge in [-0.3, -0.25) is 0 Å². The van der Waals surface area contributed by atoms with E-state index in [2.05, 4.69) is 20.2 Å². The molecule has 1 aliphatic rings. The molecule has 1 saturated heterocycles. The molecule has 0 unspecified atom stereocenters. The van der Waals surface area contributed by atoms with E-state index in [1.807, 2.05) is 0 Å². The monoisotopic (exact) mass is 347 g/mol. The Hall–Kier alpha value is 1.21. The topological polar surface area (TPSA) is 6.48 Å². The molecule has 0 spiro atoms. The second-order valence-corrected chi connectivity index (χ2v) is 6.61. The Bertz CT molecular complexity index is 93.7. The summed E-state index contributed by atoms with van der Waals surface area (Å²) in [6.45, 7) is 6.31. The third-order valence-corrected chi connectivity index (χ3v) is 4.54. The molecule has 0 atom stereocenters. The molecule has 0 saturated carbocycles. The molecule has 1 aliphatic heterocycles. The molecular formula is C6H13HgN2S. The average Bonchev–Trinajstić information content (AvgIpc) is 1.95. The predicted octanol–water partition coefficient (Wildman–Crippen LogP) is -0.00440. The van der Waals surface area contributed by atoms with E-state index in [-0.39, 0.29) is 0 Å². The van der Waals surface area contributed by atoms with E-state index in [9.17, 15) is 0 Å². The molecule has 0 aromatic heterocycles. The molecule has 55 valence electrons. The zero-order valence-corrected chi connectivity index (χ0v) is 12.7. The van der Waals surface area contributed by atoms with Crippen molar-refractivity contribution in [2.45, 2.75) is 0 Å². The maximum atomic E-state index is 4.21. The van der Waals surface area contributed by atoms with Gasteiger partial charge in [0.15, 0.2) is 0 Å². The van der Waals surface area contributed by atoms with Gasteiger partial charge in [-0.25, -0.2) is 0 Å². The van der Waals surface area contributed by atoms with Crippen molar-refractivity contribution < 1.29 is 26.4 Å². The predicted molar refractivity (Wildman–Crippen MR) is 41.9 cm³/mol. The Morgan fingerprint density at radius 2 is 1.80 bits per heavy atom. The number of hydrogen-bond acceptors (Lipinski definition) is 3. The number of piperazine rings is 1. The van der Waals surface area contributed by atoms with Crippen molar-refractivity contribution in [2.24, 2.45) is 0 Å². The second-order valence-electron chi connectivity index (χ2n) is 2.68. The van der Waals surface area contributed by atoms with Gasteiger partial charge < -0.3 is 0 Å². The van der Waals surface area contributed by atoms with Crippen LogP contribution in [0.2, 0.25) is 0 Å². The standard InChI is InChI=1S/C6H13N2S.Hg/c9-6-5-8-3-1-7-2-4-8;/h9H,1-6H2;/q-1;+1. The maximum absolute atomic E-state index is 4.21. The van der Waals surface area contributed by atoms with Crippen molar-refractivity contribution in [1.29, 1.82) is 0 Å². The fourth-order valence-corrected chi connectivity index (χ4v) is 2.54. The van der Waals surface area contributed by atoms with Crippen molar-refractivity contribution in [2.75, 3.05) is 38.5 Å². The summed E-state index contributed by atoms with van der Waals surface area (Å²) in [5.41, 5.74) is 0. The van der Waals surface area contributed by atoms with Crippen LogP contribution in [0.3, 0.4) is 0 Å². The van der Waals surface area contributed by atoms with Crippen LogP contribution in [-0.2, 0) is 26.4 Å². The Balaban J connectivity index is 2.13. The normalized spacial score (nSPS) is 23.5. The minimum atomic E-state index is 0.856. The third-order valence-electron chi connectivity index (χ3n) is 1.88. The van der Waals surface area contributed by atoms with E-state index in [1.165, 1.54) is 32.7 Å². The van der Waals surface area contributed by atoms with Gasteiger partial charge in [-0.2, -0.15) is 0 Å². The molecule has 0 aromatic carbocycles. The van der Waals surface area contributed by atoms with E-state index in [4.69, 9.17) is 0 Å². The Morgan fingerprint density at radius 3 is 2.30 bits per heavy atom. The summed E-state index contributed by atoms with van der Waals surface area (Å²) in [7, 11) is 0. The molecule has 0 bridgehead atoms. The van der Waals surface area contributed by atoms with Crippen LogP contribution in [0.15, 0.2) is 0 Å². The van der Waals surface area contributed by atoms with Gasteiger partial charge in [-0.05, 0) is 0 Å². The first-order valence-electron chi connectivity index (χ1n) is 3.71. The van der Waals surface area contributed by atoms with E-state index in [0.29, 0.717) is 0 Å². The van der Waals surface area contributed by atoms with E-state index in [0.717, 1.165) is 32.2 Å². The molecule has 0 aromatic rings. The molecule has 0 amide bonds.